The number of Topliss-reactive ketones (excluding diaryl/α,β-unsaturated/α-hetero) is 1. The molecule has 0 unspecified atom stereocenters. The number of hydrogen-bond acceptors (Lipinski definition) is 1. The predicted octanol–water partition coefficient (Wildman–Crippen LogP) is 4.19. The summed E-state index contributed by atoms with van der Waals surface area (Å²) in [5, 5.41) is 0. The number of alkyl halides is 1. The molecule has 1 nitrogen and oxygen atoms in total. The monoisotopic (exact) mass is 252 g/mol. The predicted molar refractivity (Wildman–Crippen MR) is 74.2 cm³/mol. The number of rotatable bonds is 6. The molecule has 1 aromatic rings. The molecule has 0 aromatic heterocycles. The van der Waals surface area contributed by atoms with Gasteiger partial charge in [0.05, 0.1) is 0 Å². The van der Waals surface area contributed by atoms with Crippen molar-refractivity contribution in [3.8, 4) is 0 Å². The minimum Gasteiger partial charge on any atom is -0.294 e. The Hall–Kier alpha value is -0.820. The highest BCUT2D eigenvalue weighted by Gasteiger charge is 2.15. The van der Waals surface area contributed by atoms with Gasteiger partial charge in [-0.1, -0.05) is 32.9 Å². The van der Waals surface area contributed by atoms with E-state index in [9.17, 15) is 4.79 Å². The first-order chi connectivity index (χ1) is 8.17. The average molecular weight is 253 g/mol. The highest BCUT2D eigenvalue weighted by Crippen LogP contribution is 2.22. The summed E-state index contributed by atoms with van der Waals surface area (Å²) >= 11 is 5.68. The highest BCUT2D eigenvalue weighted by atomic mass is 35.5. The topological polar surface area (TPSA) is 17.1 Å². The van der Waals surface area contributed by atoms with Crippen LogP contribution in [-0.4, -0.2) is 11.7 Å². The van der Waals surface area contributed by atoms with Crippen LogP contribution in [0.2, 0.25) is 0 Å². The van der Waals surface area contributed by atoms with Crippen molar-refractivity contribution in [1.82, 2.24) is 0 Å². The summed E-state index contributed by atoms with van der Waals surface area (Å²) in [6, 6.07) is 4.33. The van der Waals surface area contributed by atoms with Crippen LogP contribution in [0.4, 0.5) is 0 Å². The van der Waals surface area contributed by atoms with Crippen LogP contribution in [0.25, 0.3) is 0 Å². The Morgan fingerprint density at radius 3 is 1.94 bits per heavy atom. The van der Waals surface area contributed by atoms with Gasteiger partial charge in [0.25, 0.3) is 0 Å². The zero-order chi connectivity index (χ0) is 12.8. The van der Waals surface area contributed by atoms with Gasteiger partial charge in [-0.3, -0.25) is 4.79 Å². The minimum atomic E-state index is 0.191. The van der Waals surface area contributed by atoms with E-state index in [4.69, 9.17) is 11.6 Å². The van der Waals surface area contributed by atoms with Crippen molar-refractivity contribution < 1.29 is 4.79 Å². The van der Waals surface area contributed by atoms with Gasteiger partial charge in [0, 0.05) is 17.9 Å². The number of ketones is 1. The second-order valence-electron chi connectivity index (χ2n) is 4.21. The van der Waals surface area contributed by atoms with Crippen LogP contribution < -0.4 is 0 Å². The van der Waals surface area contributed by atoms with Crippen molar-refractivity contribution in [2.75, 3.05) is 5.88 Å². The van der Waals surface area contributed by atoms with Crippen LogP contribution in [0.3, 0.4) is 0 Å². The Labute approximate surface area is 109 Å². The van der Waals surface area contributed by atoms with E-state index in [-0.39, 0.29) is 5.78 Å². The molecule has 0 aliphatic carbocycles. The Bertz CT molecular complexity index is 371. The lowest BCUT2D eigenvalue weighted by Gasteiger charge is -2.14. The van der Waals surface area contributed by atoms with E-state index in [2.05, 4.69) is 32.9 Å². The largest absolute Gasteiger partial charge is 0.294 e. The smallest absolute Gasteiger partial charge is 0.164 e. The number of carbonyl (C=O) groups excluding carboxylic acids is 1. The molecule has 0 fully saturated rings. The normalized spacial score (nSPS) is 10.6. The van der Waals surface area contributed by atoms with Crippen LogP contribution in [-0.2, 0) is 19.3 Å². The minimum absolute atomic E-state index is 0.191. The van der Waals surface area contributed by atoms with Crippen LogP contribution in [0.1, 0.15) is 54.2 Å². The van der Waals surface area contributed by atoms with E-state index < -0.39 is 0 Å². The molecule has 2 heteroatoms. The third-order valence-electron chi connectivity index (χ3n) is 3.13. The first kappa shape index (κ1) is 14.2. The Morgan fingerprint density at radius 2 is 1.59 bits per heavy atom. The zero-order valence-electron chi connectivity index (χ0n) is 11.0. The number of carbonyl (C=O) groups is 1. The summed E-state index contributed by atoms with van der Waals surface area (Å²) in [5.41, 5.74) is 4.60. The van der Waals surface area contributed by atoms with Crippen LogP contribution in [0.15, 0.2) is 12.1 Å². The lowest BCUT2D eigenvalue weighted by atomic mass is 9.90. The molecule has 0 saturated carbocycles. The molecule has 0 aliphatic heterocycles. The van der Waals surface area contributed by atoms with Crippen molar-refractivity contribution in [1.29, 1.82) is 0 Å². The first-order valence-corrected chi connectivity index (χ1v) is 6.95. The van der Waals surface area contributed by atoms with E-state index in [1.165, 1.54) is 16.7 Å². The van der Waals surface area contributed by atoms with Crippen LogP contribution in [0.5, 0.6) is 0 Å². The second-order valence-corrected chi connectivity index (χ2v) is 4.59. The molecule has 0 bridgehead atoms. The molecule has 0 saturated heterocycles. The first-order valence-electron chi connectivity index (χ1n) is 6.41. The fraction of sp³-hybridized carbons (Fsp3) is 0.533. The van der Waals surface area contributed by atoms with Gasteiger partial charge >= 0.3 is 0 Å². The summed E-state index contributed by atoms with van der Waals surface area (Å²) in [7, 11) is 0. The molecule has 1 aromatic carbocycles. The molecule has 0 aliphatic rings. The summed E-state index contributed by atoms with van der Waals surface area (Å²) in [5.74, 6) is 0.595. The third-order valence-corrected chi connectivity index (χ3v) is 3.32. The Balaban J connectivity index is 3.29. The van der Waals surface area contributed by atoms with Gasteiger partial charge in [-0.25, -0.2) is 0 Å². The highest BCUT2D eigenvalue weighted by molar-refractivity contribution is 6.19. The SMILES string of the molecule is CCc1cc(CC)c(C(=O)CCCl)c(CC)c1. The Kier molecular flexibility index (Phi) is 5.70. The van der Waals surface area contributed by atoms with Gasteiger partial charge in [0.2, 0.25) is 0 Å². The lowest BCUT2D eigenvalue weighted by molar-refractivity contribution is 0.0987. The maximum atomic E-state index is 12.1. The Morgan fingerprint density at radius 1 is 1.06 bits per heavy atom. The van der Waals surface area contributed by atoms with E-state index in [0.29, 0.717) is 12.3 Å². The van der Waals surface area contributed by atoms with Crippen LogP contribution >= 0.6 is 11.6 Å². The molecule has 0 atom stereocenters. The molecule has 0 amide bonds. The zero-order valence-corrected chi connectivity index (χ0v) is 11.7. The fourth-order valence-electron chi connectivity index (χ4n) is 2.17. The van der Waals surface area contributed by atoms with Gasteiger partial charge in [0.1, 0.15) is 0 Å². The van der Waals surface area contributed by atoms with Crippen molar-refractivity contribution in [3.05, 3.63) is 34.4 Å². The molecule has 0 radical (unpaired) electrons. The molecular formula is C15H21ClO. The number of aryl methyl sites for hydroxylation is 3. The van der Waals surface area contributed by atoms with Crippen LogP contribution in [0, 0.1) is 0 Å². The van der Waals surface area contributed by atoms with E-state index in [1.54, 1.807) is 0 Å². The standard InChI is InChI=1S/C15H21ClO/c1-4-11-9-12(5-2)15(13(6-3)10-11)14(17)7-8-16/h9-10H,4-8H2,1-3H3. The molecule has 94 valence electrons. The van der Waals surface area contributed by atoms with E-state index in [1.807, 2.05) is 0 Å². The van der Waals surface area contributed by atoms with Gasteiger partial charge in [-0.15, -0.1) is 11.6 Å². The second kappa shape index (κ2) is 6.80. The molecular weight excluding hydrogens is 232 g/mol. The van der Waals surface area contributed by atoms with E-state index >= 15 is 0 Å². The van der Waals surface area contributed by atoms with Crippen molar-refractivity contribution >= 4 is 17.4 Å². The molecule has 17 heavy (non-hydrogen) atoms. The van der Waals surface area contributed by atoms with Crippen molar-refractivity contribution in [2.45, 2.75) is 46.5 Å². The lowest BCUT2D eigenvalue weighted by Crippen LogP contribution is -2.09. The summed E-state index contributed by atoms with van der Waals surface area (Å²) in [4.78, 5) is 12.1. The molecule has 1 rings (SSSR count). The summed E-state index contributed by atoms with van der Waals surface area (Å²) < 4.78 is 0. The molecule has 0 spiro atoms. The van der Waals surface area contributed by atoms with Gasteiger partial charge in [-0.2, -0.15) is 0 Å². The van der Waals surface area contributed by atoms with Gasteiger partial charge in [0.15, 0.2) is 5.78 Å². The van der Waals surface area contributed by atoms with Gasteiger partial charge < -0.3 is 0 Å². The number of halogens is 1. The molecule has 0 N–H and O–H groups in total. The average Bonchev–Trinajstić information content (AvgIpc) is 2.37. The van der Waals surface area contributed by atoms with Crippen molar-refractivity contribution in [2.24, 2.45) is 0 Å². The van der Waals surface area contributed by atoms with Crippen molar-refractivity contribution in [3.63, 3.8) is 0 Å². The molecule has 0 heterocycles. The number of benzene rings is 1. The number of hydrogen-bond donors (Lipinski definition) is 0. The quantitative estimate of drug-likeness (QED) is 0.548. The fourth-order valence-corrected chi connectivity index (χ4v) is 2.34. The summed E-state index contributed by atoms with van der Waals surface area (Å²) in [6.45, 7) is 6.35. The van der Waals surface area contributed by atoms with E-state index in [0.717, 1.165) is 24.8 Å². The maximum Gasteiger partial charge on any atom is 0.164 e. The third kappa shape index (κ3) is 3.32. The summed E-state index contributed by atoms with van der Waals surface area (Å²) in [6.07, 6.45) is 3.27. The maximum absolute atomic E-state index is 12.1. The van der Waals surface area contributed by atoms with Gasteiger partial charge in [-0.05, 0) is 36.0 Å².